The van der Waals surface area contributed by atoms with Crippen molar-refractivity contribution in [2.75, 3.05) is 13.3 Å². The zero-order chi connectivity index (χ0) is 19.6. The molecular formula is C14H24FNO10. The van der Waals surface area contributed by atoms with Crippen LogP contribution in [0, 0.1) is 0 Å². The fraction of sp³-hybridized carbons (Fsp3) is 0.929. The van der Waals surface area contributed by atoms with Crippen molar-refractivity contribution < 1.29 is 54.0 Å². The smallest absolute Gasteiger partial charge is 0.217 e. The van der Waals surface area contributed by atoms with Crippen LogP contribution in [0.15, 0.2) is 0 Å². The number of aliphatic hydroxyl groups is 6. The van der Waals surface area contributed by atoms with E-state index < -0.39 is 80.5 Å². The minimum atomic E-state index is -1.84. The van der Waals surface area contributed by atoms with Crippen molar-refractivity contribution in [3.8, 4) is 0 Å². The van der Waals surface area contributed by atoms with E-state index in [9.17, 15) is 39.8 Å². The molecule has 0 aromatic heterocycles. The second-order valence-corrected chi connectivity index (χ2v) is 6.23. The van der Waals surface area contributed by atoms with Crippen molar-refractivity contribution in [3.05, 3.63) is 0 Å². The van der Waals surface area contributed by atoms with Gasteiger partial charge in [-0.1, -0.05) is 0 Å². The molecule has 152 valence electrons. The maximum atomic E-state index is 12.7. The van der Waals surface area contributed by atoms with Gasteiger partial charge in [0.2, 0.25) is 5.91 Å². The van der Waals surface area contributed by atoms with Crippen molar-refractivity contribution in [2.24, 2.45) is 0 Å². The van der Waals surface area contributed by atoms with E-state index in [-0.39, 0.29) is 0 Å². The number of nitrogens with one attached hydrogen (secondary N) is 1. The van der Waals surface area contributed by atoms with Crippen molar-refractivity contribution in [3.63, 3.8) is 0 Å². The molecule has 2 rings (SSSR count). The third-order valence-corrected chi connectivity index (χ3v) is 4.36. The molecule has 0 saturated carbocycles. The number of hydrogen-bond acceptors (Lipinski definition) is 10. The van der Waals surface area contributed by atoms with E-state index >= 15 is 0 Å². The number of ether oxygens (including phenoxy) is 3. The molecule has 10 atom stereocenters. The monoisotopic (exact) mass is 385 g/mol. The summed E-state index contributed by atoms with van der Waals surface area (Å²) in [5, 5.41) is 61.4. The highest BCUT2D eigenvalue weighted by atomic mass is 19.1. The van der Waals surface area contributed by atoms with Gasteiger partial charge in [-0.15, -0.1) is 0 Å². The van der Waals surface area contributed by atoms with Gasteiger partial charge in [0.05, 0.1) is 6.61 Å². The number of rotatable bonds is 5. The van der Waals surface area contributed by atoms with E-state index in [0.29, 0.717) is 0 Å². The van der Waals surface area contributed by atoms with Crippen LogP contribution in [0.1, 0.15) is 6.92 Å². The third-order valence-electron chi connectivity index (χ3n) is 4.36. The fourth-order valence-corrected chi connectivity index (χ4v) is 2.94. The molecule has 26 heavy (non-hydrogen) atoms. The number of aliphatic hydroxyl groups excluding tert-OH is 6. The zero-order valence-electron chi connectivity index (χ0n) is 13.9. The second-order valence-electron chi connectivity index (χ2n) is 6.23. The number of halogens is 1. The van der Waals surface area contributed by atoms with Gasteiger partial charge in [0.25, 0.3) is 0 Å². The Morgan fingerprint density at radius 1 is 1.04 bits per heavy atom. The number of carbonyl (C=O) groups excluding carboxylic acids is 1. The van der Waals surface area contributed by atoms with Crippen LogP contribution in [-0.2, 0) is 19.0 Å². The van der Waals surface area contributed by atoms with Gasteiger partial charge >= 0.3 is 0 Å². The lowest BCUT2D eigenvalue weighted by molar-refractivity contribution is -0.347. The predicted octanol–water partition coefficient (Wildman–Crippen LogP) is -4.28. The molecule has 2 aliphatic rings. The lowest BCUT2D eigenvalue weighted by Crippen LogP contribution is -2.67. The van der Waals surface area contributed by atoms with Crippen LogP contribution in [0.5, 0.6) is 0 Å². The molecule has 2 heterocycles. The van der Waals surface area contributed by atoms with Gasteiger partial charge in [-0.3, -0.25) is 4.79 Å². The highest BCUT2D eigenvalue weighted by Gasteiger charge is 2.50. The lowest BCUT2D eigenvalue weighted by atomic mass is 9.96. The largest absolute Gasteiger partial charge is 0.394 e. The summed E-state index contributed by atoms with van der Waals surface area (Å²) in [6.45, 7) is -0.713. The molecule has 0 spiro atoms. The van der Waals surface area contributed by atoms with Crippen LogP contribution in [0.25, 0.3) is 0 Å². The molecule has 2 saturated heterocycles. The van der Waals surface area contributed by atoms with Crippen LogP contribution in [0.4, 0.5) is 4.39 Å². The van der Waals surface area contributed by atoms with Crippen molar-refractivity contribution >= 4 is 5.91 Å². The summed E-state index contributed by atoms with van der Waals surface area (Å²) >= 11 is 0. The first-order valence-corrected chi connectivity index (χ1v) is 8.01. The first kappa shape index (κ1) is 21.3. The molecular weight excluding hydrogens is 361 g/mol. The van der Waals surface area contributed by atoms with Gasteiger partial charge in [0.15, 0.2) is 12.6 Å². The van der Waals surface area contributed by atoms with E-state index in [2.05, 4.69) is 5.32 Å². The SMILES string of the molecule is CC(=O)N[C@H]1[C@H](O[C@H]2[C@@H](O)[C@H](O)[C@@H](CF)O[C@@H]2O)O[C@H](CO)[C@@H](O)[C@@H]1O. The maximum Gasteiger partial charge on any atom is 0.217 e. The third kappa shape index (κ3) is 4.30. The Balaban J connectivity index is 2.18. The summed E-state index contributed by atoms with van der Waals surface area (Å²) in [6.07, 6.45) is -14.3. The Labute approximate surface area is 147 Å². The van der Waals surface area contributed by atoms with Crippen molar-refractivity contribution in [1.82, 2.24) is 5.32 Å². The Bertz CT molecular complexity index is 485. The highest BCUT2D eigenvalue weighted by molar-refractivity contribution is 5.73. The quantitative estimate of drug-likeness (QED) is 0.245. The van der Waals surface area contributed by atoms with E-state index in [1.807, 2.05) is 0 Å². The van der Waals surface area contributed by atoms with Crippen LogP contribution in [0.3, 0.4) is 0 Å². The molecule has 1 amide bonds. The van der Waals surface area contributed by atoms with Crippen molar-refractivity contribution in [2.45, 2.75) is 68.3 Å². The van der Waals surface area contributed by atoms with E-state index in [4.69, 9.17) is 14.2 Å². The van der Waals surface area contributed by atoms with Gasteiger partial charge in [-0.2, -0.15) is 0 Å². The maximum absolute atomic E-state index is 12.7. The summed E-state index contributed by atoms with van der Waals surface area (Å²) in [7, 11) is 0. The molecule has 0 aliphatic carbocycles. The van der Waals surface area contributed by atoms with Gasteiger partial charge in [-0.05, 0) is 0 Å². The number of alkyl halides is 1. The average molecular weight is 385 g/mol. The number of hydrogen-bond donors (Lipinski definition) is 7. The summed E-state index contributed by atoms with van der Waals surface area (Å²) in [6, 6.07) is -1.32. The van der Waals surface area contributed by atoms with Crippen molar-refractivity contribution in [1.29, 1.82) is 0 Å². The fourth-order valence-electron chi connectivity index (χ4n) is 2.94. The normalized spacial score (nSPS) is 46.8. The summed E-state index contributed by atoms with van der Waals surface area (Å²) in [5.41, 5.74) is 0. The van der Waals surface area contributed by atoms with Gasteiger partial charge in [0.1, 0.15) is 55.4 Å². The Hall–Kier alpha value is -0.960. The van der Waals surface area contributed by atoms with Gasteiger partial charge in [0, 0.05) is 6.92 Å². The molecule has 11 nitrogen and oxygen atoms in total. The topological polar surface area (TPSA) is 178 Å². The van der Waals surface area contributed by atoms with E-state index in [1.54, 1.807) is 0 Å². The molecule has 7 N–H and O–H groups in total. The summed E-state index contributed by atoms with van der Waals surface area (Å²) in [5.74, 6) is -0.598. The van der Waals surface area contributed by atoms with Crippen LogP contribution in [0.2, 0.25) is 0 Å². The average Bonchev–Trinajstić information content (AvgIpc) is 2.60. The standard InChI is InChI=1S/C14H24FNO10/c1-4(18)16-7-10(21)9(20)6(3-17)25-14(7)26-12-11(22)8(19)5(2-15)24-13(12)23/h5-14,17,19-23H,2-3H2,1H3,(H,16,18)/t5-,6-,7-,8-,9-,10-,11+,12+,13+,14+/m1/s1. The minimum Gasteiger partial charge on any atom is -0.394 e. The molecule has 0 radical (unpaired) electrons. The van der Waals surface area contributed by atoms with Gasteiger partial charge in [-0.25, -0.2) is 4.39 Å². The number of carbonyl (C=O) groups is 1. The summed E-state index contributed by atoms with van der Waals surface area (Å²) in [4.78, 5) is 11.3. The zero-order valence-corrected chi connectivity index (χ0v) is 13.9. The lowest BCUT2D eigenvalue weighted by Gasteiger charge is -2.46. The summed E-state index contributed by atoms with van der Waals surface area (Å²) < 4.78 is 28.2. The molecule has 2 fully saturated rings. The number of amides is 1. The van der Waals surface area contributed by atoms with Crippen LogP contribution >= 0.6 is 0 Å². The highest BCUT2D eigenvalue weighted by Crippen LogP contribution is 2.28. The molecule has 0 unspecified atom stereocenters. The first-order chi connectivity index (χ1) is 12.2. The van der Waals surface area contributed by atoms with E-state index in [0.717, 1.165) is 6.92 Å². The molecule has 0 bridgehead atoms. The molecule has 0 aromatic rings. The Morgan fingerprint density at radius 2 is 1.65 bits per heavy atom. The Morgan fingerprint density at radius 3 is 2.19 bits per heavy atom. The molecule has 0 aromatic carbocycles. The van der Waals surface area contributed by atoms with E-state index in [1.165, 1.54) is 0 Å². The first-order valence-electron chi connectivity index (χ1n) is 8.01. The second kappa shape index (κ2) is 8.82. The minimum absolute atomic E-state index is 0.598. The molecule has 12 heteroatoms. The van der Waals surface area contributed by atoms with Gasteiger partial charge < -0.3 is 50.2 Å². The van der Waals surface area contributed by atoms with Crippen LogP contribution in [-0.4, -0.2) is 111 Å². The predicted molar refractivity (Wildman–Crippen MR) is 79.1 cm³/mol. The molecule has 2 aliphatic heterocycles. The van der Waals surface area contributed by atoms with Crippen LogP contribution < -0.4 is 5.32 Å². The Kier molecular flexibility index (Phi) is 7.24.